The molecule has 1 amide bonds. The van der Waals surface area contributed by atoms with Crippen LogP contribution < -0.4 is 9.47 Å². The highest BCUT2D eigenvalue weighted by Gasteiger charge is 2.77. The third kappa shape index (κ3) is 1.98. The van der Waals surface area contributed by atoms with Gasteiger partial charge < -0.3 is 19.5 Å². The molecule has 29 heavy (non-hydrogen) atoms. The number of rotatable bonds is 4. The number of benzene rings is 1. The number of likely N-dealkylation sites (tertiary alicyclic amines) is 1. The monoisotopic (exact) mass is 397 g/mol. The normalized spacial score (nSPS) is 39.4. The van der Waals surface area contributed by atoms with Gasteiger partial charge in [-0.25, -0.2) is 0 Å². The van der Waals surface area contributed by atoms with E-state index in [1.807, 2.05) is 23.1 Å². The van der Waals surface area contributed by atoms with E-state index in [-0.39, 0.29) is 17.9 Å². The highest BCUT2D eigenvalue weighted by Crippen LogP contribution is 2.72. The average molecular weight is 397 g/mol. The fourth-order valence-corrected chi connectivity index (χ4v) is 7.28. The van der Waals surface area contributed by atoms with Crippen molar-refractivity contribution in [1.29, 1.82) is 0 Å². The molecule has 5 fully saturated rings. The van der Waals surface area contributed by atoms with Gasteiger partial charge in [0.1, 0.15) is 6.10 Å². The molecule has 5 atom stereocenters. The summed E-state index contributed by atoms with van der Waals surface area (Å²) in [5.41, 5.74) is -0.474. The molecule has 2 spiro atoms. The van der Waals surface area contributed by atoms with E-state index in [1.54, 1.807) is 7.11 Å². The molecular formula is C23H27NO5. The zero-order chi connectivity index (χ0) is 20.0. The van der Waals surface area contributed by atoms with Crippen LogP contribution in [0.2, 0.25) is 0 Å². The van der Waals surface area contributed by atoms with E-state index < -0.39 is 22.7 Å². The van der Waals surface area contributed by atoms with Gasteiger partial charge in [-0.1, -0.05) is 12.1 Å². The molecule has 2 aliphatic heterocycles. The van der Waals surface area contributed by atoms with Gasteiger partial charge in [-0.2, -0.15) is 0 Å². The second-order valence-electron chi connectivity index (χ2n) is 9.69. The minimum absolute atomic E-state index is 0.0606. The fraction of sp³-hybridized carbons (Fsp3) is 0.652. The summed E-state index contributed by atoms with van der Waals surface area (Å²) in [6.07, 6.45) is 5.03. The van der Waals surface area contributed by atoms with Crippen LogP contribution >= 0.6 is 0 Å². The van der Waals surface area contributed by atoms with Crippen molar-refractivity contribution < 1.29 is 24.2 Å². The number of carbonyl (C=O) groups excluding carboxylic acids is 1. The van der Waals surface area contributed by atoms with Crippen molar-refractivity contribution in [3.63, 3.8) is 0 Å². The van der Waals surface area contributed by atoms with E-state index in [1.165, 1.54) is 12.8 Å². The van der Waals surface area contributed by atoms with E-state index in [4.69, 9.17) is 9.47 Å². The largest absolute Gasteiger partial charge is 0.493 e. The van der Waals surface area contributed by atoms with Crippen molar-refractivity contribution in [3.8, 4) is 11.5 Å². The van der Waals surface area contributed by atoms with Crippen molar-refractivity contribution in [1.82, 2.24) is 4.90 Å². The molecule has 2 bridgehead atoms. The van der Waals surface area contributed by atoms with Crippen molar-refractivity contribution in [2.75, 3.05) is 20.2 Å². The maximum atomic E-state index is 14.1. The molecule has 4 saturated carbocycles. The number of ether oxygens (including phenoxy) is 2. The molecule has 6 nitrogen and oxygen atoms in total. The smallest absolute Gasteiger partial charge is 0.307 e. The third-order valence-electron chi connectivity index (χ3n) is 8.60. The molecule has 5 unspecified atom stereocenters. The standard InChI is InChI=1S/C23H27NO5/c1-28-17-4-2-3-15-18(17)29-19-14-7-8-23(16(11-14)20(25)26)21(27)24(12-13-5-6-13)10-9-22(15,19)23/h2-4,13-14,16,19H,5-12H2,1H3,(H,25,26). The summed E-state index contributed by atoms with van der Waals surface area (Å²) >= 11 is 0. The second kappa shape index (κ2) is 5.67. The second-order valence-corrected chi connectivity index (χ2v) is 9.69. The van der Waals surface area contributed by atoms with Crippen molar-refractivity contribution in [2.24, 2.45) is 23.2 Å². The lowest BCUT2D eigenvalue weighted by atomic mass is 9.39. The van der Waals surface area contributed by atoms with Gasteiger partial charge in [-0.3, -0.25) is 9.59 Å². The van der Waals surface area contributed by atoms with Crippen LogP contribution in [0.5, 0.6) is 11.5 Å². The van der Waals surface area contributed by atoms with E-state index in [9.17, 15) is 14.7 Å². The van der Waals surface area contributed by atoms with Crippen LogP contribution in [-0.4, -0.2) is 48.2 Å². The lowest BCUT2D eigenvalue weighted by molar-refractivity contribution is -0.203. The summed E-state index contributed by atoms with van der Waals surface area (Å²) in [6, 6.07) is 5.88. The highest BCUT2D eigenvalue weighted by atomic mass is 16.5. The van der Waals surface area contributed by atoms with Crippen LogP contribution in [0.1, 0.15) is 44.1 Å². The number of carboxylic acid groups (broad SMARTS) is 1. The number of carbonyl (C=O) groups is 2. The molecule has 0 radical (unpaired) electrons. The highest BCUT2D eigenvalue weighted by molar-refractivity contribution is 5.93. The van der Waals surface area contributed by atoms with Crippen molar-refractivity contribution in [2.45, 2.75) is 50.0 Å². The first kappa shape index (κ1) is 17.6. The Morgan fingerprint density at radius 2 is 2.10 bits per heavy atom. The molecule has 1 aromatic carbocycles. The van der Waals surface area contributed by atoms with Gasteiger partial charge >= 0.3 is 5.97 Å². The Labute approximate surface area is 170 Å². The molecule has 0 aromatic heterocycles. The lowest BCUT2D eigenvalue weighted by Gasteiger charge is -2.65. The topological polar surface area (TPSA) is 76.1 Å². The molecule has 1 N–H and O–H groups in total. The van der Waals surface area contributed by atoms with Gasteiger partial charge in [0.15, 0.2) is 11.5 Å². The maximum Gasteiger partial charge on any atom is 0.307 e. The van der Waals surface area contributed by atoms with E-state index in [0.29, 0.717) is 31.1 Å². The molecule has 6 aliphatic rings. The quantitative estimate of drug-likeness (QED) is 0.846. The van der Waals surface area contributed by atoms with Gasteiger partial charge in [0.25, 0.3) is 0 Å². The Bertz CT molecular complexity index is 911. The maximum absolute atomic E-state index is 14.1. The Balaban J connectivity index is 1.57. The summed E-state index contributed by atoms with van der Waals surface area (Å²) in [6.45, 7) is 1.47. The number of fused-ring (bicyclic) bond motifs is 3. The SMILES string of the molecule is COc1cccc2c1OC1C3CCC4(C(=O)N(CC5CC5)CCC214)C(C(=O)O)C3. The zero-order valence-corrected chi connectivity index (χ0v) is 16.7. The number of methoxy groups -OCH3 is 1. The number of para-hydroxylation sites is 1. The van der Waals surface area contributed by atoms with Crippen molar-refractivity contribution >= 4 is 11.9 Å². The lowest BCUT2D eigenvalue weighted by Crippen LogP contribution is -2.74. The number of piperidine rings is 1. The van der Waals surface area contributed by atoms with Gasteiger partial charge in [0.2, 0.25) is 5.91 Å². The number of carboxylic acids is 1. The first-order valence-corrected chi connectivity index (χ1v) is 10.9. The third-order valence-corrected chi connectivity index (χ3v) is 8.60. The van der Waals surface area contributed by atoms with Gasteiger partial charge in [-0.05, 0) is 56.4 Å². The van der Waals surface area contributed by atoms with Crippen LogP contribution in [-0.2, 0) is 15.0 Å². The minimum atomic E-state index is -0.914. The van der Waals surface area contributed by atoms with Gasteiger partial charge in [0, 0.05) is 18.7 Å². The molecule has 2 heterocycles. The summed E-state index contributed by atoms with van der Waals surface area (Å²) in [5, 5.41) is 10.2. The Hall–Kier alpha value is -2.24. The number of hydrogen-bond acceptors (Lipinski definition) is 4. The van der Waals surface area contributed by atoms with Crippen LogP contribution in [0, 0.1) is 23.2 Å². The van der Waals surface area contributed by atoms with Crippen LogP contribution in [0.15, 0.2) is 18.2 Å². The Morgan fingerprint density at radius 3 is 2.83 bits per heavy atom. The van der Waals surface area contributed by atoms with Crippen LogP contribution in [0.3, 0.4) is 0 Å². The van der Waals surface area contributed by atoms with Gasteiger partial charge in [0.05, 0.1) is 23.9 Å². The van der Waals surface area contributed by atoms with E-state index in [2.05, 4.69) is 0 Å². The number of nitrogens with zero attached hydrogens (tertiary/aromatic N) is 1. The summed E-state index contributed by atoms with van der Waals surface area (Å²) in [5.74, 6) is 0.753. The Kier molecular flexibility index (Phi) is 3.44. The zero-order valence-electron chi connectivity index (χ0n) is 16.7. The van der Waals surface area contributed by atoms with Crippen LogP contribution in [0.25, 0.3) is 0 Å². The average Bonchev–Trinajstić information content (AvgIpc) is 3.48. The first-order chi connectivity index (χ1) is 14.0. The summed E-state index contributed by atoms with van der Waals surface area (Å²) in [7, 11) is 1.63. The molecular weight excluding hydrogens is 370 g/mol. The van der Waals surface area contributed by atoms with Gasteiger partial charge in [-0.15, -0.1) is 0 Å². The molecule has 6 heteroatoms. The molecule has 1 aromatic rings. The Morgan fingerprint density at radius 1 is 1.28 bits per heavy atom. The number of hydrogen-bond donors (Lipinski definition) is 1. The van der Waals surface area contributed by atoms with E-state index >= 15 is 0 Å². The summed E-state index contributed by atoms with van der Waals surface area (Å²) in [4.78, 5) is 28.5. The minimum Gasteiger partial charge on any atom is -0.493 e. The summed E-state index contributed by atoms with van der Waals surface area (Å²) < 4.78 is 12.1. The number of amides is 1. The molecule has 4 aliphatic carbocycles. The molecule has 1 saturated heterocycles. The predicted octanol–water partition coefficient (Wildman–Crippen LogP) is 2.84. The fourth-order valence-electron chi connectivity index (χ4n) is 7.28. The van der Waals surface area contributed by atoms with Crippen molar-refractivity contribution in [3.05, 3.63) is 23.8 Å². The molecule has 154 valence electrons. The number of aliphatic carboxylic acids is 1. The van der Waals surface area contributed by atoms with Crippen LogP contribution in [0.4, 0.5) is 0 Å². The molecule has 7 rings (SSSR count). The first-order valence-electron chi connectivity index (χ1n) is 10.9. The van der Waals surface area contributed by atoms with E-state index in [0.717, 1.165) is 30.7 Å². The predicted molar refractivity (Wildman–Crippen MR) is 104 cm³/mol.